The lowest BCUT2D eigenvalue weighted by Gasteiger charge is -2.13. The SMILES string of the molecule is C=CC(=O)Nc1cc(C(=O)N(C)C)ccc1C. The minimum atomic E-state index is -0.289. The summed E-state index contributed by atoms with van der Waals surface area (Å²) in [5, 5.41) is 2.67. The highest BCUT2D eigenvalue weighted by Crippen LogP contribution is 2.17. The summed E-state index contributed by atoms with van der Waals surface area (Å²) in [6.45, 7) is 5.25. The molecule has 1 rings (SSSR count). The van der Waals surface area contributed by atoms with Gasteiger partial charge in [0.2, 0.25) is 5.91 Å². The van der Waals surface area contributed by atoms with Gasteiger partial charge in [-0.15, -0.1) is 0 Å². The molecule has 1 aromatic carbocycles. The number of hydrogen-bond acceptors (Lipinski definition) is 2. The van der Waals surface area contributed by atoms with E-state index in [4.69, 9.17) is 0 Å². The van der Waals surface area contributed by atoms with E-state index in [0.29, 0.717) is 11.3 Å². The molecule has 0 radical (unpaired) electrons. The second-order valence-corrected chi connectivity index (χ2v) is 3.92. The Bertz CT molecular complexity index is 464. The number of carbonyl (C=O) groups excluding carboxylic acids is 2. The molecule has 1 N–H and O–H groups in total. The normalized spacial score (nSPS) is 9.59. The number of nitrogens with zero attached hydrogens (tertiary/aromatic N) is 1. The lowest BCUT2D eigenvalue weighted by atomic mass is 10.1. The van der Waals surface area contributed by atoms with Gasteiger partial charge in [-0.25, -0.2) is 0 Å². The number of carbonyl (C=O) groups is 2. The fraction of sp³-hybridized carbons (Fsp3) is 0.231. The second-order valence-electron chi connectivity index (χ2n) is 3.92. The van der Waals surface area contributed by atoms with Crippen molar-refractivity contribution in [3.05, 3.63) is 42.0 Å². The summed E-state index contributed by atoms with van der Waals surface area (Å²) in [5.41, 5.74) is 2.07. The van der Waals surface area contributed by atoms with Crippen LogP contribution in [0.3, 0.4) is 0 Å². The van der Waals surface area contributed by atoms with Crippen LogP contribution in [-0.2, 0) is 4.79 Å². The van der Waals surface area contributed by atoms with Crippen LogP contribution >= 0.6 is 0 Å². The highest BCUT2D eigenvalue weighted by Gasteiger charge is 2.10. The van der Waals surface area contributed by atoms with Crippen LogP contribution < -0.4 is 5.32 Å². The zero-order valence-electron chi connectivity index (χ0n) is 10.3. The Balaban J connectivity index is 3.06. The van der Waals surface area contributed by atoms with Crippen LogP contribution in [0.2, 0.25) is 0 Å². The average Bonchev–Trinajstić information content (AvgIpc) is 2.30. The quantitative estimate of drug-likeness (QED) is 0.808. The van der Waals surface area contributed by atoms with E-state index in [1.807, 2.05) is 6.92 Å². The van der Waals surface area contributed by atoms with Gasteiger partial charge in [0.25, 0.3) is 5.91 Å². The molecule has 0 aliphatic carbocycles. The van der Waals surface area contributed by atoms with Gasteiger partial charge in [-0.05, 0) is 30.7 Å². The number of amides is 2. The second kappa shape index (κ2) is 5.30. The molecule has 0 heterocycles. The zero-order valence-corrected chi connectivity index (χ0v) is 10.3. The molecule has 0 saturated carbocycles. The van der Waals surface area contributed by atoms with E-state index >= 15 is 0 Å². The Morgan fingerprint density at radius 1 is 1.35 bits per heavy atom. The van der Waals surface area contributed by atoms with Crippen LogP contribution in [0.15, 0.2) is 30.9 Å². The fourth-order valence-electron chi connectivity index (χ4n) is 1.33. The third kappa shape index (κ3) is 3.17. The Morgan fingerprint density at radius 2 is 2.00 bits per heavy atom. The molecule has 4 nitrogen and oxygen atoms in total. The van der Waals surface area contributed by atoms with Crippen molar-refractivity contribution < 1.29 is 9.59 Å². The van der Waals surface area contributed by atoms with Gasteiger partial charge in [-0.2, -0.15) is 0 Å². The van der Waals surface area contributed by atoms with Gasteiger partial charge in [0, 0.05) is 25.3 Å². The van der Waals surface area contributed by atoms with Crippen molar-refractivity contribution in [1.82, 2.24) is 4.90 Å². The van der Waals surface area contributed by atoms with Crippen molar-refractivity contribution >= 4 is 17.5 Å². The molecule has 0 aliphatic heterocycles. The minimum Gasteiger partial charge on any atom is -0.345 e. The molecule has 0 bridgehead atoms. The molecule has 1 aromatic rings. The van der Waals surface area contributed by atoms with Crippen molar-refractivity contribution in [2.45, 2.75) is 6.92 Å². The van der Waals surface area contributed by atoms with Crippen molar-refractivity contribution in [2.75, 3.05) is 19.4 Å². The van der Waals surface area contributed by atoms with Gasteiger partial charge >= 0.3 is 0 Å². The smallest absolute Gasteiger partial charge is 0.253 e. The molecular weight excluding hydrogens is 216 g/mol. The fourth-order valence-corrected chi connectivity index (χ4v) is 1.33. The minimum absolute atomic E-state index is 0.0981. The Labute approximate surface area is 101 Å². The topological polar surface area (TPSA) is 49.4 Å². The lowest BCUT2D eigenvalue weighted by molar-refractivity contribution is -0.111. The summed E-state index contributed by atoms with van der Waals surface area (Å²) in [4.78, 5) is 24.5. The Hall–Kier alpha value is -2.10. The van der Waals surface area contributed by atoms with Crippen molar-refractivity contribution in [3.63, 3.8) is 0 Å². The van der Waals surface area contributed by atoms with Crippen LogP contribution in [0.5, 0.6) is 0 Å². The van der Waals surface area contributed by atoms with Gasteiger partial charge in [-0.1, -0.05) is 12.6 Å². The first-order valence-corrected chi connectivity index (χ1v) is 5.21. The predicted molar refractivity (Wildman–Crippen MR) is 68.0 cm³/mol. The summed E-state index contributed by atoms with van der Waals surface area (Å²) in [6, 6.07) is 5.20. The number of nitrogens with one attached hydrogen (secondary N) is 1. The van der Waals surface area contributed by atoms with E-state index in [1.54, 1.807) is 32.3 Å². The maximum Gasteiger partial charge on any atom is 0.253 e. The van der Waals surface area contributed by atoms with E-state index in [9.17, 15) is 9.59 Å². The van der Waals surface area contributed by atoms with E-state index in [1.165, 1.54) is 11.0 Å². The molecule has 2 amide bonds. The van der Waals surface area contributed by atoms with Gasteiger partial charge in [0.1, 0.15) is 0 Å². The zero-order chi connectivity index (χ0) is 13.0. The van der Waals surface area contributed by atoms with Crippen LogP contribution in [0, 0.1) is 6.92 Å². The third-order valence-electron chi connectivity index (χ3n) is 2.33. The first kappa shape index (κ1) is 13.0. The van der Waals surface area contributed by atoms with Gasteiger partial charge < -0.3 is 10.2 Å². The molecule has 0 aliphatic rings. The summed E-state index contributed by atoms with van der Waals surface area (Å²) in [6.07, 6.45) is 1.19. The lowest BCUT2D eigenvalue weighted by Crippen LogP contribution is -2.22. The maximum atomic E-state index is 11.8. The van der Waals surface area contributed by atoms with Crippen LogP contribution in [0.4, 0.5) is 5.69 Å². The molecule has 17 heavy (non-hydrogen) atoms. The number of benzene rings is 1. The Kier molecular flexibility index (Phi) is 4.04. The van der Waals surface area contributed by atoms with Crippen molar-refractivity contribution in [3.8, 4) is 0 Å². The molecule has 0 saturated heterocycles. The molecule has 0 spiro atoms. The molecular formula is C13H16N2O2. The summed E-state index contributed by atoms with van der Waals surface area (Å²) in [7, 11) is 3.37. The molecule has 0 atom stereocenters. The molecule has 0 unspecified atom stereocenters. The average molecular weight is 232 g/mol. The molecule has 90 valence electrons. The van der Waals surface area contributed by atoms with Crippen molar-refractivity contribution in [1.29, 1.82) is 0 Å². The summed E-state index contributed by atoms with van der Waals surface area (Å²) in [5.74, 6) is -0.387. The van der Waals surface area contributed by atoms with Gasteiger partial charge in [0.15, 0.2) is 0 Å². The number of aryl methyl sites for hydroxylation is 1. The van der Waals surface area contributed by atoms with E-state index in [-0.39, 0.29) is 11.8 Å². The van der Waals surface area contributed by atoms with E-state index in [2.05, 4.69) is 11.9 Å². The van der Waals surface area contributed by atoms with Gasteiger partial charge in [-0.3, -0.25) is 9.59 Å². The van der Waals surface area contributed by atoms with E-state index in [0.717, 1.165) is 5.56 Å². The van der Waals surface area contributed by atoms with Crippen LogP contribution in [-0.4, -0.2) is 30.8 Å². The molecule has 0 fully saturated rings. The summed E-state index contributed by atoms with van der Waals surface area (Å²) >= 11 is 0. The predicted octanol–water partition coefficient (Wildman–Crippen LogP) is 1.82. The standard InChI is InChI=1S/C13H16N2O2/c1-5-12(16)14-11-8-10(7-6-9(11)2)13(17)15(3)4/h5-8H,1H2,2-4H3,(H,14,16). The number of rotatable bonds is 3. The van der Waals surface area contributed by atoms with E-state index < -0.39 is 0 Å². The number of anilines is 1. The van der Waals surface area contributed by atoms with Gasteiger partial charge in [0.05, 0.1) is 0 Å². The third-order valence-corrected chi connectivity index (χ3v) is 2.33. The Morgan fingerprint density at radius 3 is 2.53 bits per heavy atom. The molecule has 4 heteroatoms. The number of hydrogen-bond donors (Lipinski definition) is 1. The summed E-state index contributed by atoms with van der Waals surface area (Å²) < 4.78 is 0. The first-order chi connectivity index (χ1) is 7.95. The van der Waals surface area contributed by atoms with Crippen LogP contribution in [0.25, 0.3) is 0 Å². The van der Waals surface area contributed by atoms with Crippen molar-refractivity contribution in [2.24, 2.45) is 0 Å². The first-order valence-electron chi connectivity index (χ1n) is 5.21. The largest absolute Gasteiger partial charge is 0.345 e. The molecule has 0 aromatic heterocycles. The highest BCUT2D eigenvalue weighted by molar-refractivity contribution is 6.01. The highest BCUT2D eigenvalue weighted by atomic mass is 16.2. The maximum absolute atomic E-state index is 11.8. The monoisotopic (exact) mass is 232 g/mol. The van der Waals surface area contributed by atoms with Crippen LogP contribution in [0.1, 0.15) is 15.9 Å².